The molecule has 0 aliphatic carbocycles. The minimum atomic E-state index is 0.852. The Morgan fingerprint density at radius 2 is 2.00 bits per heavy atom. The first kappa shape index (κ1) is 12.9. The van der Waals surface area contributed by atoms with Crippen LogP contribution in [0.3, 0.4) is 0 Å². The van der Waals surface area contributed by atoms with Crippen LogP contribution < -0.4 is 4.90 Å². The van der Waals surface area contributed by atoms with Crippen LogP contribution in [0.15, 0.2) is 44.7 Å². The zero-order chi connectivity index (χ0) is 11.3. The van der Waals surface area contributed by atoms with Crippen LogP contribution in [-0.2, 0) is 0 Å². The van der Waals surface area contributed by atoms with E-state index in [1.165, 1.54) is 0 Å². The van der Waals surface area contributed by atoms with E-state index >= 15 is 0 Å². The lowest BCUT2D eigenvalue weighted by molar-refractivity contribution is 1.17. The van der Waals surface area contributed by atoms with Crippen LogP contribution in [0.25, 0.3) is 0 Å². The van der Waals surface area contributed by atoms with E-state index in [-0.39, 0.29) is 0 Å². The molecule has 0 radical (unpaired) electrons. The van der Waals surface area contributed by atoms with E-state index in [4.69, 9.17) is 0 Å². The average molecular weight is 397 g/mol. The quantitative estimate of drug-likeness (QED) is 0.734. The monoisotopic (exact) mass is 394 g/mol. The van der Waals surface area contributed by atoms with Gasteiger partial charge in [0.2, 0.25) is 0 Å². The summed E-state index contributed by atoms with van der Waals surface area (Å²) in [5.41, 5.74) is 0. The number of aromatic nitrogens is 1. The molecule has 0 atom stereocenters. The van der Waals surface area contributed by atoms with Gasteiger partial charge in [0.05, 0.1) is 3.39 Å². The summed E-state index contributed by atoms with van der Waals surface area (Å²) in [4.78, 5) is 6.17. The molecule has 0 bridgehead atoms. The summed E-state index contributed by atoms with van der Waals surface area (Å²) >= 11 is 10.0. The lowest BCUT2D eigenvalue weighted by Gasteiger charge is -2.14. The smallest absolute Gasteiger partial charge is 0.136 e. The van der Waals surface area contributed by atoms with Crippen molar-refractivity contribution in [2.75, 3.05) is 4.90 Å². The number of pyridine rings is 1. The first-order valence-electron chi connectivity index (χ1n) is 4.15. The molecule has 0 amide bonds. The Morgan fingerprint density at radius 3 is 2.47 bits per heavy atom. The van der Waals surface area contributed by atoms with Crippen LogP contribution in [0.4, 0.5) is 5.82 Å². The summed E-state index contributed by atoms with van der Waals surface area (Å²) in [5, 5.41) is 0. The Bertz CT molecular complexity index is 348. The topological polar surface area (TPSA) is 16.1 Å². The first-order valence-corrected chi connectivity index (χ1v) is 6.53. The molecule has 0 aromatic carbocycles. The number of hydrogen-bond acceptors (Lipinski definition) is 2. The van der Waals surface area contributed by atoms with Crippen molar-refractivity contribution in [3.8, 4) is 0 Å². The molecule has 15 heavy (non-hydrogen) atoms. The number of nitrogens with zero attached hydrogens (tertiary/aromatic N) is 2. The molecule has 0 fully saturated rings. The molecule has 0 saturated heterocycles. The molecule has 0 unspecified atom stereocenters. The predicted octanol–water partition coefficient (Wildman–Crippen LogP) is 4.73. The van der Waals surface area contributed by atoms with Gasteiger partial charge >= 0.3 is 0 Å². The Kier molecular flexibility index (Phi) is 5.56. The van der Waals surface area contributed by atoms with Crippen molar-refractivity contribution in [1.29, 1.82) is 0 Å². The van der Waals surface area contributed by atoms with Crippen LogP contribution in [0.2, 0.25) is 0 Å². The van der Waals surface area contributed by atoms with Gasteiger partial charge in [-0.15, -0.1) is 0 Å². The molecule has 80 valence electrons. The Hall–Kier alpha value is -0.130. The van der Waals surface area contributed by atoms with E-state index in [0.29, 0.717) is 0 Å². The minimum absolute atomic E-state index is 0.852. The molecule has 5 heteroatoms. The van der Waals surface area contributed by atoms with Crippen molar-refractivity contribution < 1.29 is 0 Å². The van der Waals surface area contributed by atoms with Gasteiger partial charge in [-0.05, 0) is 50.9 Å². The van der Waals surface area contributed by atoms with Gasteiger partial charge in [-0.3, -0.25) is 0 Å². The third kappa shape index (κ3) is 4.95. The van der Waals surface area contributed by atoms with Crippen molar-refractivity contribution in [3.63, 3.8) is 0 Å². The molecule has 0 saturated carbocycles. The van der Waals surface area contributed by atoms with Gasteiger partial charge < -0.3 is 4.90 Å². The highest BCUT2D eigenvalue weighted by molar-refractivity contribution is 9.28. The molecular weight excluding hydrogens is 388 g/mol. The molecule has 0 N–H and O–H groups in total. The van der Waals surface area contributed by atoms with Gasteiger partial charge in [0.25, 0.3) is 0 Å². The molecular formula is C10H9Br3N2. The van der Waals surface area contributed by atoms with Crippen molar-refractivity contribution in [2.24, 2.45) is 0 Å². The molecule has 1 heterocycles. The second-order valence-corrected chi connectivity index (χ2v) is 6.75. The summed E-state index contributed by atoms with van der Waals surface area (Å²) in [6, 6.07) is 5.77. The van der Waals surface area contributed by atoms with Gasteiger partial charge in [0, 0.05) is 23.1 Å². The van der Waals surface area contributed by atoms with E-state index in [1.54, 1.807) is 6.20 Å². The van der Waals surface area contributed by atoms with E-state index < -0.39 is 0 Å². The fourth-order valence-electron chi connectivity index (χ4n) is 0.973. The highest BCUT2D eigenvalue weighted by atomic mass is 79.9. The van der Waals surface area contributed by atoms with Gasteiger partial charge in [-0.2, -0.15) is 0 Å². The third-order valence-electron chi connectivity index (χ3n) is 1.47. The summed E-state index contributed by atoms with van der Waals surface area (Å²) in [6.45, 7) is 1.96. The lowest BCUT2D eigenvalue weighted by Crippen LogP contribution is -2.08. The molecule has 0 spiro atoms. The van der Waals surface area contributed by atoms with E-state index in [1.807, 2.05) is 42.4 Å². The van der Waals surface area contributed by atoms with Crippen molar-refractivity contribution in [3.05, 3.63) is 44.7 Å². The zero-order valence-electron chi connectivity index (χ0n) is 7.99. The second-order valence-electron chi connectivity index (χ2n) is 2.73. The van der Waals surface area contributed by atoms with Crippen LogP contribution in [0, 0.1) is 0 Å². The summed E-state index contributed by atoms with van der Waals surface area (Å²) in [7, 11) is 0. The van der Waals surface area contributed by atoms with Gasteiger partial charge in [-0.1, -0.05) is 22.0 Å². The highest BCUT2D eigenvalue weighted by Gasteiger charge is 2.01. The SMILES string of the molecule is CC(Br)=CN(C=C(Br)Br)c1ccccn1. The number of anilines is 1. The first-order chi connectivity index (χ1) is 7.09. The predicted molar refractivity (Wildman–Crippen MR) is 75.3 cm³/mol. The summed E-state index contributed by atoms with van der Waals surface area (Å²) in [6.07, 6.45) is 5.58. The molecule has 2 nitrogen and oxygen atoms in total. The molecule has 0 aliphatic heterocycles. The Morgan fingerprint density at radius 1 is 1.27 bits per heavy atom. The van der Waals surface area contributed by atoms with Gasteiger partial charge in [0.1, 0.15) is 5.82 Å². The van der Waals surface area contributed by atoms with Crippen molar-refractivity contribution in [1.82, 2.24) is 4.98 Å². The normalized spacial score (nSPS) is 11.1. The number of halogens is 3. The van der Waals surface area contributed by atoms with Crippen molar-refractivity contribution in [2.45, 2.75) is 6.92 Å². The number of hydrogen-bond donors (Lipinski definition) is 0. The molecule has 1 rings (SSSR count). The van der Waals surface area contributed by atoms with Gasteiger partial charge in [0.15, 0.2) is 0 Å². The number of rotatable bonds is 3. The summed E-state index contributed by atoms with van der Waals surface area (Å²) in [5.74, 6) is 0.854. The fourth-order valence-corrected chi connectivity index (χ4v) is 1.63. The van der Waals surface area contributed by atoms with Crippen LogP contribution in [-0.4, -0.2) is 4.98 Å². The maximum absolute atomic E-state index is 4.26. The molecule has 0 aliphatic rings. The molecule has 1 aromatic heterocycles. The number of allylic oxidation sites excluding steroid dienone is 1. The Labute approximate surface area is 114 Å². The van der Waals surface area contributed by atoms with Crippen LogP contribution in [0.5, 0.6) is 0 Å². The maximum Gasteiger partial charge on any atom is 0.136 e. The zero-order valence-corrected chi connectivity index (χ0v) is 12.8. The van der Waals surface area contributed by atoms with E-state index in [0.717, 1.165) is 13.7 Å². The third-order valence-corrected chi connectivity index (χ3v) is 2.08. The lowest BCUT2D eigenvalue weighted by atomic mass is 10.4. The van der Waals surface area contributed by atoms with Crippen LogP contribution >= 0.6 is 47.8 Å². The van der Waals surface area contributed by atoms with Gasteiger partial charge in [-0.25, -0.2) is 4.98 Å². The van der Waals surface area contributed by atoms with E-state index in [2.05, 4.69) is 52.8 Å². The largest absolute Gasteiger partial charge is 0.306 e. The van der Waals surface area contributed by atoms with E-state index in [9.17, 15) is 0 Å². The summed E-state index contributed by atoms with van der Waals surface area (Å²) < 4.78 is 1.87. The van der Waals surface area contributed by atoms with Crippen molar-refractivity contribution >= 4 is 53.6 Å². The maximum atomic E-state index is 4.26. The highest BCUT2D eigenvalue weighted by Crippen LogP contribution is 2.20. The molecule has 1 aromatic rings. The fraction of sp³-hybridized carbons (Fsp3) is 0.100. The standard InChI is InChI=1S/C10H9Br3N2/c1-8(11)6-15(7-9(12)13)10-4-2-3-5-14-10/h2-7H,1H3. The second kappa shape index (κ2) is 6.45. The van der Waals surface area contributed by atoms with Crippen LogP contribution in [0.1, 0.15) is 6.92 Å². The average Bonchev–Trinajstić information content (AvgIpc) is 2.17. The minimum Gasteiger partial charge on any atom is -0.306 e. The Balaban J connectivity index is 3.02.